The number of ether oxygens (including phenoxy) is 1. The third-order valence-corrected chi connectivity index (χ3v) is 4.76. The SMILES string of the molecule is C[C@H](NC(=O)COc1ccc(Cl)cc1Br)c1ccc2ccccc2c1. The minimum atomic E-state index is -0.178. The summed E-state index contributed by atoms with van der Waals surface area (Å²) < 4.78 is 6.26. The highest BCUT2D eigenvalue weighted by molar-refractivity contribution is 9.10. The van der Waals surface area contributed by atoms with Crippen LogP contribution < -0.4 is 10.1 Å². The summed E-state index contributed by atoms with van der Waals surface area (Å²) >= 11 is 9.26. The summed E-state index contributed by atoms with van der Waals surface area (Å²) in [5, 5.41) is 5.90. The monoisotopic (exact) mass is 417 g/mol. The summed E-state index contributed by atoms with van der Waals surface area (Å²) in [6.07, 6.45) is 0. The number of hydrogen-bond acceptors (Lipinski definition) is 2. The molecule has 25 heavy (non-hydrogen) atoms. The average molecular weight is 419 g/mol. The summed E-state index contributed by atoms with van der Waals surface area (Å²) in [5.41, 5.74) is 1.06. The zero-order valence-corrected chi connectivity index (χ0v) is 16.0. The van der Waals surface area contributed by atoms with Gasteiger partial charge in [-0.25, -0.2) is 0 Å². The molecule has 0 aliphatic heterocycles. The van der Waals surface area contributed by atoms with Gasteiger partial charge < -0.3 is 10.1 Å². The van der Waals surface area contributed by atoms with Crippen molar-refractivity contribution in [2.24, 2.45) is 0 Å². The Morgan fingerprint density at radius 2 is 1.88 bits per heavy atom. The highest BCUT2D eigenvalue weighted by Crippen LogP contribution is 2.28. The third kappa shape index (κ3) is 4.53. The van der Waals surface area contributed by atoms with Crippen molar-refractivity contribution in [3.63, 3.8) is 0 Å². The van der Waals surface area contributed by atoms with Gasteiger partial charge in [0, 0.05) is 5.02 Å². The van der Waals surface area contributed by atoms with Gasteiger partial charge >= 0.3 is 0 Å². The smallest absolute Gasteiger partial charge is 0.258 e. The van der Waals surface area contributed by atoms with Gasteiger partial charge in [0.2, 0.25) is 0 Å². The third-order valence-electron chi connectivity index (χ3n) is 3.90. The predicted octanol–water partition coefficient (Wildman–Crippen LogP) is 5.51. The van der Waals surface area contributed by atoms with Crippen LogP contribution in [0, 0.1) is 0 Å². The first-order valence-corrected chi connectivity index (χ1v) is 9.06. The van der Waals surface area contributed by atoms with Crippen molar-refractivity contribution in [1.82, 2.24) is 5.32 Å². The quantitative estimate of drug-likeness (QED) is 0.593. The van der Waals surface area contributed by atoms with Gasteiger partial charge in [-0.3, -0.25) is 4.79 Å². The van der Waals surface area contributed by atoms with Gasteiger partial charge in [-0.2, -0.15) is 0 Å². The summed E-state index contributed by atoms with van der Waals surface area (Å²) in [7, 11) is 0. The molecule has 3 nitrogen and oxygen atoms in total. The van der Waals surface area contributed by atoms with Crippen molar-refractivity contribution in [3.05, 3.63) is 75.7 Å². The fourth-order valence-electron chi connectivity index (χ4n) is 2.58. The minimum absolute atomic E-state index is 0.0574. The average Bonchev–Trinajstić information content (AvgIpc) is 2.60. The molecule has 3 aromatic rings. The number of halogens is 2. The van der Waals surface area contributed by atoms with Crippen molar-refractivity contribution in [2.75, 3.05) is 6.61 Å². The van der Waals surface area contributed by atoms with Gasteiger partial charge in [0.25, 0.3) is 5.91 Å². The molecule has 0 saturated carbocycles. The molecular formula is C20H17BrClNO2. The molecule has 128 valence electrons. The molecule has 1 amide bonds. The molecule has 0 fully saturated rings. The largest absolute Gasteiger partial charge is 0.483 e. The van der Waals surface area contributed by atoms with Gasteiger partial charge in [0.1, 0.15) is 5.75 Å². The fraction of sp³-hybridized carbons (Fsp3) is 0.150. The lowest BCUT2D eigenvalue weighted by molar-refractivity contribution is -0.123. The summed E-state index contributed by atoms with van der Waals surface area (Å²) in [4.78, 5) is 12.2. The maximum Gasteiger partial charge on any atom is 0.258 e. The second-order valence-corrected chi connectivity index (χ2v) is 7.05. The molecule has 0 aromatic heterocycles. The maximum atomic E-state index is 12.2. The molecule has 0 unspecified atom stereocenters. The topological polar surface area (TPSA) is 38.3 Å². The van der Waals surface area contributed by atoms with Gasteiger partial charge in [0.05, 0.1) is 10.5 Å². The highest BCUT2D eigenvalue weighted by Gasteiger charge is 2.11. The van der Waals surface area contributed by atoms with E-state index in [1.54, 1.807) is 18.2 Å². The first-order chi connectivity index (χ1) is 12.0. The Kier molecular flexibility index (Phi) is 5.61. The number of fused-ring (bicyclic) bond motifs is 1. The number of carbonyl (C=O) groups is 1. The molecule has 1 atom stereocenters. The van der Waals surface area contributed by atoms with Crippen molar-refractivity contribution in [3.8, 4) is 5.75 Å². The number of hydrogen-bond donors (Lipinski definition) is 1. The first-order valence-electron chi connectivity index (χ1n) is 7.89. The summed E-state index contributed by atoms with van der Waals surface area (Å²) in [5.74, 6) is 0.403. The van der Waals surface area contributed by atoms with E-state index < -0.39 is 0 Å². The number of amides is 1. The Balaban J connectivity index is 1.61. The van der Waals surface area contributed by atoms with Gasteiger partial charge in [-0.05, 0) is 63.5 Å². The van der Waals surface area contributed by atoms with E-state index in [9.17, 15) is 4.79 Å². The van der Waals surface area contributed by atoms with Crippen LogP contribution in [0.4, 0.5) is 0 Å². The van der Waals surface area contributed by atoms with Crippen LogP contribution in [0.1, 0.15) is 18.5 Å². The minimum Gasteiger partial charge on any atom is -0.483 e. The van der Waals surface area contributed by atoms with E-state index in [-0.39, 0.29) is 18.6 Å². The van der Waals surface area contributed by atoms with E-state index in [0.717, 1.165) is 15.4 Å². The summed E-state index contributed by atoms with van der Waals surface area (Å²) in [6.45, 7) is 1.90. The second kappa shape index (κ2) is 7.89. The molecule has 0 aliphatic rings. The molecule has 3 aromatic carbocycles. The highest BCUT2D eigenvalue weighted by atomic mass is 79.9. The van der Waals surface area contributed by atoms with Crippen LogP contribution in [0.15, 0.2) is 65.1 Å². The van der Waals surface area contributed by atoms with Crippen molar-refractivity contribution < 1.29 is 9.53 Å². The number of benzene rings is 3. The Bertz CT molecular complexity index is 913. The zero-order valence-electron chi connectivity index (χ0n) is 13.6. The Labute approximate surface area is 160 Å². The first kappa shape index (κ1) is 17.8. The number of rotatable bonds is 5. The molecule has 5 heteroatoms. The van der Waals surface area contributed by atoms with Gasteiger partial charge in [0.15, 0.2) is 6.61 Å². The van der Waals surface area contributed by atoms with E-state index in [1.807, 2.05) is 25.1 Å². The van der Waals surface area contributed by atoms with E-state index in [1.165, 1.54) is 5.39 Å². The Morgan fingerprint density at radius 3 is 2.64 bits per heavy atom. The van der Waals surface area contributed by atoms with Crippen molar-refractivity contribution in [2.45, 2.75) is 13.0 Å². The van der Waals surface area contributed by atoms with Crippen LogP contribution in [0.5, 0.6) is 5.75 Å². The van der Waals surface area contributed by atoms with Crippen LogP contribution in [0.3, 0.4) is 0 Å². The van der Waals surface area contributed by atoms with Crippen molar-refractivity contribution in [1.29, 1.82) is 0 Å². The maximum absolute atomic E-state index is 12.2. The lowest BCUT2D eigenvalue weighted by Crippen LogP contribution is -2.31. The molecule has 0 saturated heterocycles. The van der Waals surface area contributed by atoms with E-state index in [4.69, 9.17) is 16.3 Å². The Hall–Kier alpha value is -2.04. The van der Waals surface area contributed by atoms with Gasteiger partial charge in [-0.1, -0.05) is 48.0 Å². The van der Waals surface area contributed by atoms with Crippen molar-refractivity contribution >= 4 is 44.2 Å². The normalized spacial score (nSPS) is 12.0. The standard InChI is InChI=1S/C20H17BrClNO2/c1-13(15-7-6-14-4-2-3-5-16(14)10-15)23-20(24)12-25-19-9-8-17(22)11-18(19)21/h2-11,13H,12H2,1H3,(H,23,24)/t13-/m0/s1. The molecule has 3 rings (SSSR count). The van der Waals surface area contributed by atoms with E-state index in [0.29, 0.717) is 10.8 Å². The van der Waals surface area contributed by atoms with E-state index in [2.05, 4.69) is 45.5 Å². The van der Waals surface area contributed by atoms with Gasteiger partial charge in [-0.15, -0.1) is 0 Å². The molecule has 0 heterocycles. The van der Waals surface area contributed by atoms with Crippen LogP contribution in [0.25, 0.3) is 10.8 Å². The van der Waals surface area contributed by atoms with E-state index >= 15 is 0 Å². The molecule has 0 spiro atoms. The molecule has 0 radical (unpaired) electrons. The Morgan fingerprint density at radius 1 is 1.12 bits per heavy atom. The summed E-state index contributed by atoms with van der Waals surface area (Å²) in [6, 6.07) is 19.4. The lowest BCUT2D eigenvalue weighted by Gasteiger charge is -2.16. The van der Waals surface area contributed by atoms with Crippen LogP contribution in [-0.4, -0.2) is 12.5 Å². The number of carbonyl (C=O) groups excluding carboxylic acids is 1. The molecule has 0 bridgehead atoms. The molecule has 0 aliphatic carbocycles. The predicted molar refractivity (Wildman–Crippen MR) is 105 cm³/mol. The second-order valence-electron chi connectivity index (χ2n) is 5.76. The fourth-order valence-corrected chi connectivity index (χ4v) is 3.38. The zero-order chi connectivity index (χ0) is 17.8. The van der Waals surface area contributed by atoms with Crippen LogP contribution in [-0.2, 0) is 4.79 Å². The van der Waals surface area contributed by atoms with Crippen LogP contribution in [0.2, 0.25) is 5.02 Å². The lowest BCUT2D eigenvalue weighted by atomic mass is 10.0. The molecule has 1 N–H and O–H groups in total. The van der Waals surface area contributed by atoms with Crippen LogP contribution >= 0.6 is 27.5 Å². The molecular weight excluding hydrogens is 402 g/mol. The number of nitrogens with one attached hydrogen (secondary N) is 1.